The fraction of sp³-hybridized carbons (Fsp3) is 0.750. The van der Waals surface area contributed by atoms with Crippen LogP contribution in [0, 0.1) is 0 Å². The molecule has 1 amide bonds. The molecule has 0 aromatic rings. The number of amides is 1. The Morgan fingerprint density at radius 1 is 1.33 bits per heavy atom. The second kappa shape index (κ2) is 5.57. The van der Waals surface area contributed by atoms with Crippen LogP contribution in [-0.4, -0.2) is 37.0 Å². The first-order valence-corrected chi connectivity index (χ1v) is 4.01. The summed E-state index contributed by atoms with van der Waals surface area (Å²) < 4.78 is 4.62. The van der Waals surface area contributed by atoms with E-state index in [2.05, 4.69) is 4.74 Å². The van der Waals surface area contributed by atoms with Gasteiger partial charge in [0.2, 0.25) is 5.91 Å². The predicted octanol–water partition coefficient (Wildman–Crippen LogP) is 0.418. The summed E-state index contributed by atoms with van der Waals surface area (Å²) in [7, 11) is 1.65. The van der Waals surface area contributed by atoms with Gasteiger partial charge in [-0.3, -0.25) is 9.59 Å². The summed E-state index contributed by atoms with van der Waals surface area (Å²) in [5, 5.41) is 0. The highest BCUT2D eigenvalue weighted by Gasteiger charge is 2.12. The Labute approximate surface area is 72.5 Å². The number of carbonyl (C=O) groups is 2. The maximum atomic E-state index is 11.1. The van der Waals surface area contributed by atoms with E-state index in [1.54, 1.807) is 14.0 Å². The van der Waals surface area contributed by atoms with Crippen LogP contribution in [0.1, 0.15) is 20.3 Å². The van der Waals surface area contributed by atoms with Crippen LogP contribution < -0.4 is 0 Å². The van der Waals surface area contributed by atoms with E-state index in [1.165, 1.54) is 4.90 Å². The van der Waals surface area contributed by atoms with Gasteiger partial charge in [-0.05, 0) is 13.8 Å². The van der Waals surface area contributed by atoms with Crippen molar-refractivity contribution in [2.24, 2.45) is 0 Å². The Morgan fingerprint density at radius 2 is 1.92 bits per heavy atom. The van der Waals surface area contributed by atoms with Crippen molar-refractivity contribution in [1.29, 1.82) is 0 Å². The molecule has 0 spiro atoms. The zero-order chi connectivity index (χ0) is 9.56. The normalized spacial score (nSPS) is 9.25. The minimum absolute atomic E-state index is 0.155. The third kappa shape index (κ3) is 3.95. The summed E-state index contributed by atoms with van der Waals surface area (Å²) >= 11 is 0. The molecule has 4 heteroatoms. The van der Waals surface area contributed by atoms with Crippen molar-refractivity contribution in [2.45, 2.75) is 20.3 Å². The molecule has 12 heavy (non-hydrogen) atoms. The van der Waals surface area contributed by atoms with E-state index in [4.69, 9.17) is 0 Å². The molecular weight excluding hydrogens is 158 g/mol. The Morgan fingerprint density at radius 3 is 2.33 bits per heavy atom. The van der Waals surface area contributed by atoms with Crippen LogP contribution in [0.2, 0.25) is 0 Å². The Bertz CT molecular complexity index is 168. The highest BCUT2D eigenvalue weighted by molar-refractivity contribution is 5.94. The predicted molar refractivity (Wildman–Crippen MR) is 44.6 cm³/mol. The quantitative estimate of drug-likeness (QED) is 0.457. The second-order valence-electron chi connectivity index (χ2n) is 2.39. The smallest absolute Gasteiger partial charge is 0.315 e. The van der Waals surface area contributed by atoms with Crippen LogP contribution in [0.25, 0.3) is 0 Å². The Kier molecular flexibility index (Phi) is 5.08. The van der Waals surface area contributed by atoms with Gasteiger partial charge in [0.25, 0.3) is 0 Å². The number of rotatable bonds is 4. The molecular formula is C8H15NO3. The lowest BCUT2D eigenvalue weighted by atomic mass is 10.4. The van der Waals surface area contributed by atoms with Gasteiger partial charge in [0, 0.05) is 13.6 Å². The van der Waals surface area contributed by atoms with E-state index in [0.717, 1.165) is 0 Å². The molecule has 0 aliphatic carbocycles. The summed E-state index contributed by atoms with van der Waals surface area (Å²) in [5.41, 5.74) is 0. The SMILES string of the molecule is CCOC(=O)CC(=O)N(C)CC. The van der Waals surface area contributed by atoms with Gasteiger partial charge in [0.15, 0.2) is 0 Å². The monoisotopic (exact) mass is 173 g/mol. The third-order valence-electron chi connectivity index (χ3n) is 1.50. The van der Waals surface area contributed by atoms with Crippen LogP contribution in [0.4, 0.5) is 0 Å². The van der Waals surface area contributed by atoms with Crippen molar-refractivity contribution in [3.05, 3.63) is 0 Å². The largest absolute Gasteiger partial charge is 0.466 e. The Balaban J connectivity index is 3.76. The summed E-state index contributed by atoms with van der Waals surface area (Å²) in [4.78, 5) is 23.4. The van der Waals surface area contributed by atoms with Crippen molar-refractivity contribution in [3.63, 3.8) is 0 Å². The average Bonchev–Trinajstić information content (AvgIpc) is 2.03. The molecule has 0 fully saturated rings. The summed E-state index contributed by atoms with van der Waals surface area (Å²) in [6.45, 7) is 4.50. The first kappa shape index (κ1) is 10.9. The summed E-state index contributed by atoms with van der Waals surface area (Å²) in [5.74, 6) is -0.654. The molecule has 0 radical (unpaired) electrons. The van der Waals surface area contributed by atoms with Crippen LogP contribution in [0.5, 0.6) is 0 Å². The molecule has 0 saturated heterocycles. The number of hydrogen-bond donors (Lipinski definition) is 0. The van der Waals surface area contributed by atoms with Crippen molar-refractivity contribution >= 4 is 11.9 Å². The molecule has 0 saturated carbocycles. The minimum Gasteiger partial charge on any atom is -0.466 e. The summed E-state index contributed by atoms with van der Waals surface area (Å²) in [6.07, 6.45) is -0.155. The van der Waals surface area contributed by atoms with Crippen LogP contribution in [0.15, 0.2) is 0 Å². The zero-order valence-electron chi connectivity index (χ0n) is 7.79. The van der Waals surface area contributed by atoms with Gasteiger partial charge < -0.3 is 9.64 Å². The first-order valence-electron chi connectivity index (χ1n) is 4.01. The van der Waals surface area contributed by atoms with Crippen LogP contribution >= 0.6 is 0 Å². The molecule has 0 aromatic heterocycles. The van der Waals surface area contributed by atoms with Gasteiger partial charge in [-0.15, -0.1) is 0 Å². The van der Waals surface area contributed by atoms with Gasteiger partial charge in [-0.2, -0.15) is 0 Å². The number of hydrogen-bond acceptors (Lipinski definition) is 3. The van der Waals surface area contributed by atoms with Gasteiger partial charge in [0.05, 0.1) is 6.61 Å². The lowest BCUT2D eigenvalue weighted by Gasteiger charge is -2.13. The summed E-state index contributed by atoms with van der Waals surface area (Å²) in [6, 6.07) is 0. The van der Waals surface area contributed by atoms with Crippen molar-refractivity contribution in [1.82, 2.24) is 4.90 Å². The van der Waals surface area contributed by atoms with E-state index in [1.807, 2.05) is 6.92 Å². The molecule has 0 aliphatic rings. The average molecular weight is 173 g/mol. The lowest BCUT2D eigenvalue weighted by Crippen LogP contribution is -2.28. The maximum absolute atomic E-state index is 11.1. The molecule has 0 aliphatic heterocycles. The van der Waals surface area contributed by atoms with E-state index in [9.17, 15) is 9.59 Å². The minimum atomic E-state index is -0.456. The second-order valence-corrected chi connectivity index (χ2v) is 2.39. The first-order chi connectivity index (χ1) is 5.61. The van der Waals surface area contributed by atoms with Crippen molar-refractivity contribution in [3.8, 4) is 0 Å². The number of esters is 1. The van der Waals surface area contributed by atoms with Gasteiger partial charge >= 0.3 is 5.97 Å². The van der Waals surface area contributed by atoms with Crippen LogP contribution in [-0.2, 0) is 14.3 Å². The zero-order valence-corrected chi connectivity index (χ0v) is 7.79. The molecule has 4 nitrogen and oxygen atoms in total. The van der Waals surface area contributed by atoms with Crippen LogP contribution in [0.3, 0.4) is 0 Å². The maximum Gasteiger partial charge on any atom is 0.315 e. The number of nitrogens with zero attached hydrogens (tertiary/aromatic N) is 1. The molecule has 0 unspecified atom stereocenters. The van der Waals surface area contributed by atoms with Gasteiger partial charge in [-0.1, -0.05) is 0 Å². The molecule has 0 heterocycles. The number of carbonyl (C=O) groups excluding carboxylic acids is 2. The molecule has 0 N–H and O–H groups in total. The molecule has 0 aromatic carbocycles. The molecule has 70 valence electrons. The highest BCUT2D eigenvalue weighted by Crippen LogP contribution is 1.92. The standard InChI is InChI=1S/C8H15NO3/c1-4-9(3)7(10)6-8(11)12-5-2/h4-6H2,1-3H3. The van der Waals surface area contributed by atoms with Crippen molar-refractivity contribution in [2.75, 3.05) is 20.2 Å². The molecule has 0 bridgehead atoms. The molecule has 0 atom stereocenters. The molecule has 0 rings (SSSR count). The van der Waals surface area contributed by atoms with Gasteiger partial charge in [-0.25, -0.2) is 0 Å². The highest BCUT2D eigenvalue weighted by atomic mass is 16.5. The van der Waals surface area contributed by atoms with E-state index >= 15 is 0 Å². The number of ether oxygens (including phenoxy) is 1. The fourth-order valence-electron chi connectivity index (χ4n) is 0.647. The fourth-order valence-corrected chi connectivity index (χ4v) is 0.647. The van der Waals surface area contributed by atoms with E-state index < -0.39 is 5.97 Å². The van der Waals surface area contributed by atoms with E-state index in [0.29, 0.717) is 13.2 Å². The lowest BCUT2D eigenvalue weighted by molar-refractivity contribution is -0.148. The topological polar surface area (TPSA) is 46.6 Å². The van der Waals surface area contributed by atoms with Crippen molar-refractivity contribution < 1.29 is 14.3 Å². The van der Waals surface area contributed by atoms with Gasteiger partial charge in [0.1, 0.15) is 6.42 Å². The van der Waals surface area contributed by atoms with E-state index in [-0.39, 0.29) is 12.3 Å². The Hall–Kier alpha value is -1.06. The third-order valence-corrected chi connectivity index (χ3v) is 1.50.